The molecule has 3 heteroatoms. The molecule has 1 saturated carbocycles. The van der Waals surface area contributed by atoms with Crippen LogP contribution in [0.3, 0.4) is 0 Å². The quantitative estimate of drug-likeness (QED) is 0.820. The van der Waals surface area contributed by atoms with Crippen molar-refractivity contribution in [2.45, 2.75) is 63.5 Å². The molecule has 0 bridgehead atoms. The summed E-state index contributed by atoms with van der Waals surface area (Å²) < 4.78 is 11.5. The molecule has 0 radical (unpaired) electrons. The summed E-state index contributed by atoms with van der Waals surface area (Å²) in [5, 5.41) is 0. The van der Waals surface area contributed by atoms with Gasteiger partial charge in [0.2, 0.25) is 0 Å². The Morgan fingerprint density at radius 2 is 2.12 bits per heavy atom. The van der Waals surface area contributed by atoms with Crippen molar-refractivity contribution >= 4 is 0 Å². The lowest BCUT2D eigenvalue weighted by molar-refractivity contribution is -0.0762. The van der Waals surface area contributed by atoms with Crippen LogP contribution in [0, 0.1) is 0 Å². The molecule has 98 valence electrons. The Hall–Kier alpha value is -0.540. The molecule has 0 aromatic carbocycles. The van der Waals surface area contributed by atoms with Gasteiger partial charge in [-0.15, -0.1) is 0 Å². The number of rotatable bonds is 4. The van der Waals surface area contributed by atoms with Gasteiger partial charge in [-0.25, -0.2) is 0 Å². The molecule has 17 heavy (non-hydrogen) atoms. The summed E-state index contributed by atoms with van der Waals surface area (Å²) in [5.74, 6) is 0. The van der Waals surface area contributed by atoms with Crippen molar-refractivity contribution < 1.29 is 9.47 Å². The lowest BCUT2D eigenvalue weighted by Crippen LogP contribution is -2.52. The first-order valence-electron chi connectivity index (χ1n) is 6.98. The van der Waals surface area contributed by atoms with E-state index in [4.69, 9.17) is 15.2 Å². The first-order chi connectivity index (χ1) is 8.28. The molecule has 0 saturated heterocycles. The van der Waals surface area contributed by atoms with Crippen LogP contribution in [0.2, 0.25) is 0 Å². The third-order valence-corrected chi connectivity index (χ3v) is 4.06. The Labute approximate surface area is 104 Å². The van der Waals surface area contributed by atoms with Gasteiger partial charge < -0.3 is 15.2 Å². The largest absolute Gasteiger partial charge is 0.501 e. The first kappa shape index (κ1) is 12.9. The maximum atomic E-state index is 6.47. The molecule has 1 aliphatic heterocycles. The predicted molar refractivity (Wildman–Crippen MR) is 68.7 cm³/mol. The molecule has 0 spiro atoms. The monoisotopic (exact) mass is 239 g/mol. The van der Waals surface area contributed by atoms with Crippen LogP contribution in [-0.4, -0.2) is 24.9 Å². The number of hydrogen-bond acceptors (Lipinski definition) is 3. The van der Waals surface area contributed by atoms with Crippen LogP contribution < -0.4 is 5.73 Å². The van der Waals surface area contributed by atoms with Crippen molar-refractivity contribution in [3.05, 3.63) is 11.8 Å². The molecule has 1 fully saturated rings. The highest BCUT2D eigenvalue weighted by Gasteiger charge is 2.40. The van der Waals surface area contributed by atoms with Gasteiger partial charge in [-0.05, 0) is 38.2 Å². The summed E-state index contributed by atoms with van der Waals surface area (Å²) in [6.07, 6.45) is 10.0. The van der Waals surface area contributed by atoms with Crippen LogP contribution in [0.4, 0.5) is 0 Å². The second kappa shape index (κ2) is 5.87. The Kier molecular flexibility index (Phi) is 4.46. The van der Waals surface area contributed by atoms with E-state index in [1.54, 1.807) is 0 Å². The maximum Gasteiger partial charge on any atom is 0.0876 e. The Balaban J connectivity index is 2.10. The molecule has 0 aromatic rings. The number of ether oxygens (including phenoxy) is 2. The third-order valence-electron chi connectivity index (χ3n) is 4.06. The zero-order valence-corrected chi connectivity index (χ0v) is 10.9. The van der Waals surface area contributed by atoms with Crippen LogP contribution in [0.25, 0.3) is 0 Å². The van der Waals surface area contributed by atoms with E-state index < -0.39 is 0 Å². The smallest absolute Gasteiger partial charge is 0.0876 e. The summed E-state index contributed by atoms with van der Waals surface area (Å²) in [5.41, 5.74) is 7.59. The summed E-state index contributed by atoms with van der Waals surface area (Å²) in [6.45, 7) is 3.65. The van der Waals surface area contributed by atoms with E-state index >= 15 is 0 Å². The van der Waals surface area contributed by atoms with E-state index in [1.165, 1.54) is 24.8 Å². The highest BCUT2D eigenvalue weighted by Crippen LogP contribution is 2.37. The van der Waals surface area contributed by atoms with E-state index in [-0.39, 0.29) is 11.6 Å². The van der Waals surface area contributed by atoms with Crippen LogP contribution in [0.5, 0.6) is 0 Å². The van der Waals surface area contributed by atoms with E-state index in [0.717, 1.165) is 38.9 Å². The van der Waals surface area contributed by atoms with Crippen molar-refractivity contribution in [3.63, 3.8) is 0 Å². The molecule has 2 aliphatic rings. The zero-order valence-electron chi connectivity index (χ0n) is 10.9. The summed E-state index contributed by atoms with van der Waals surface area (Å²) in [4.78, 5) is 0. The van der Waals surface area contributed by atoms with Gasteiger partial charge in [0.1, 0.15) is 0 Å². The van der Waals surface area contributed by atoms with Gasteiger partial charge in [0.05, 0.1) is 24.5 Å². The van der Waals surface area contributed by atoms with Gasteiger partial charge in [0.25, 0.3) is 0 Å². The Morgan fingerprint density at radius 3 is 2.71 bits per heavy atom. The topological polar surface area (TPSA) is 44.5 Å². The Bertz CT molecular complexity index is 264. The standard InChI is InChI=1S/C14H25NO2/c1-2-17-14(8-4-3-5-9-14)13(15)12-7-6-10-16-11-12/h11,13H,2-10,15H2,1H3. The SMILES string of the molecule is CCOC1(C(N)C2=COCCC2)CCCCC1. The predicted octanol–water partition coefficient (Wildman–Crippen LogP) is 2.75. The van der Waals surface area contributed by atoms with E-state index in [0.29, 0.717) is 0 Å². The number of nitrogens with two attached hydrogens (primary N) is 1. The minimum atomic E-state index is -0.125. The third kappa shape index (κ3) is 2.83. The molecule has 0 amide bonds. The van der Waals surface area contributed by atoms with Crippen LogP contribution in [-0.2, 0) is 9.47 Å². The van der Waals surface area contributed by atoms with E-state index in [1.807, 2.05) is 6.26 Å². The fourth-order valence-electron chi connectivity index (χ4n) is 3.13. The van der Waals surface area contributed by atoms with E-state index in [2.05, 4.69) is 6.92 Å². The van der Waals surface area contributed by atoms with Crippen LogP contribution in [0.1, 0.15) is 51.9 Å². The second-order valence-corrected chi connectivity index (χ2v) is 5.20. The second-order valence-electron chi connectivity index (χ2n) is 5.20. The van der Waals surface area contributed by atoms with Crippen molar-refractivity contribution in [2.24, 2.45) is 5.73 Å². The van der Waals surface area contributed by atoms with Crippen LogP contribution in [0.15, 0.2) is 11.8 Å². The minimum Gasteiger partial charge on any atom is -0.501 e. The van der Waals surface area contributed by atoms with Gasteiger partial charge in [-0.3, -0.25) is 0 Å². The molecule has 1 heterocycles. The van der Waals surface area contributed by atoms with Crippen LogP contribution >= 0.6 is 0 Å². The van der Waals surface area contributed by atoms with Crippen molar-refractivity contribution in [3.8, 4) is 0 Å². The lowest BCUT2D eigenvalue weighted by atomic mass is 9.76. The van der Waals surface area contributed by atoms with Gasteiger partial charge >= 0.3 is 0 Å². The van der Waals surface area contributed by atoms with E-state index in [9.17, 15) is 0 Å². The lowest BCUT2D eigenvalue weighted by Gasteiger charge is -2.43. The molecular weight excluding hydrogens is 214 g/mol. The fraction of sp³-hybridized carbons (Fsp3) is 0.857. The molecular formula is C14H25NO2. The highest BCUT2D eigenvalue weighted by molar-refractivity contribution is 5.16. The average molecular weight is 239 g/mol. The van der Waals surface area contributed by atoms with Gasteiger partial charge in [-0.1, -0.05) is 19.3 Å². The molecule has 2 rings (SSSR count). The zero-order chi connectivity index (χ0) is 12.1. The molecule has 3 nitrogen and oxygen atoms in total. The van der Waals surface area contributed by atoms with Crippen molar-refractivity contribution in [1.29, 1.82) is 0 Å². The summed E-state index contributed by atoms with van der Waals surface area (Å²) >= 11 is 0. The summed E-state index contributed by atoms with van der Waals surface area (Å²) in [7, 11) is 0. The van der Waals surface area contributed by atoms with Crippen molar-refractivity contribution in [2.75, 3.05) is 13.2 Å². The normalized spacial score (nSPS) is 25.9. The molecule has 1 unspecified atom stereocenters. The van der Waals surface area contributed by atoms with Gasteiger partial charge in [0, 0.05) is 6.61 Å². The van der Waals surface area contributed by atoms with Gasteiger partial charge in [-0.2, -0.15) is 0 Å². The van der Waals surface area contributed by atoms with Crippen molar-refractivity contribution in [1.82, 2.24) is 0 Å². The van der Waals surface area contributed by atoms with Gasteiger partial charge in [0.15, 0.2) is 0 Å². The highest BCUT2D eigenvalue weighted by atomic mass is 16.5. The number of hydrogen-bond donors (Lipinski definition) is 1. The molecule has 1 atom stereocenters. The minimum absolute atomic E-state index is 0.0167. The molecule has 1 aliphatic carbocycles. The molecule has 2 N–H and O–H groups in total. The first-order valence-corrected chi connectivity index (χ1v) is 6.98. The Morgan fingerprint density at radius 1 is 1.35 bits per heavy atom. The average Bonchev–Trinajstić information content (AvgIpc) is 2.40. The fourth-order valence-corrected chi connectivity index (χ4v) is 3.13. The summed E-state index contributed by atoms with van der Waals surface area (Å²) in [6, 6.07) is 0.0167. The maximum absolute atomic E-state index is 6.47. The molecule has 0 aromatic heterocycles.